The molecular weight excluding hydrogens is 268 g/mol. The summed E-state index contributed by atoms with van der Waals surface area (Å²) in [4.78, 5) is 13.4. The molecule has 0 aliphatic heterocycles. The molecule has 0 fully saturated rings. The van der Waals surface area contributed by atoms with Crippen LogP contribution in [0.2, 0.25) is 5.02 Å². The highest BCUT2D eigenvalue weighted by Crippen LogP contribution is 2.36. The predicted molar refractivity (Wildman–Crippen MR) is 76.3 cm³/mol. The summed E-state index contributed by atoms with van der Waals surface area (Å²) in [5, 5.41) is 3.54. The lowest BCUT2D eigenvalue weighted by molar-refractivity contribution is -0.129. The summed E-state index contributed by atoms with van der Waals surface area (Å²) in [7, 11) is 6.49. The third-order valence-electron chi connectivity index (χ3n) is 2.66. The summed E-state index contributed by atoms with van der Waals surface area (Å²) >= 11 is 6.02. The van der Waals surface area contributed by atoms with E-state index >= 15 is 0 Å². The predicted octanol–water partition coefficient (Wildman–Crippen LogP) is 2.25. The van der Waals surface area contributed by atoms with E-state index in [0.717, 1.165) is 0 Å². The van der Waals surface area contributed by atoms with Gasteiger partial charge in [0.15, 0.2) is 0 Å². The average molecular weight is 287 g/mol. The highest BCUT2D eigenvalue weighted by Gasteiger charge is 2.17. The van der Waals surface area contributed by atoms with Crippen molar-refractivity contribution in [2.45, 2.75) is 13.0 Å². The Bertz CT molecular complexity index is 463. The van der Waals surface area contributed by atoms with Crippen LogP contribution in [0.1, 0.15) is 6.92 Å². The third kappa shape index (κ3) is 3.67. The van der Waals surface area contributed by atoms with Gasteiger partial charge in [0.25, 0.3) is 0 Å². The first-order valence-electron chi connectivity index (χ1n) is 5.80. The van der Waals surface area contributed by atoms with Crippen LogP contribution in [-0.2, 0) is 4.79 Å². The molecule has 0 saturated carbocycles. The number of nitrogens with one attached hydrogen (secondary N) is 1. The molecule has 106 valence electrons. The van der Waals surface area contributed by atoms with Crippen molar-refractivity contribution in [1.29, 1.82) is 0 Å². The van der Waals surface area contributed by atoms with Gasteiger partial charge in [0.05, 0.1) is 24.9 Å². The first-order chi connectivity index (χ1) is 8.90. The minimum atomic E-state index is -0.380. The van der Waals surface area contributed by atoms with Gasteiger partial charge in [-0.05, 0) is 6.92 Å². The van der Waals surface area contributed by atoms with Crippen molar-refractivity contribution in [3.8, 4) is 11.5 Å². The van der Waals surface area contributed by atoms with Crippen molar-refractivity contribution in [2.24, 2.45) is 0 Å². The van der Waals surface area contributed by atoms with Crippen molar-refractivity contribution >= 4 is 23.2 Å². The first kappa shape index (κ1) is 15.4. The number of methoxy groups -OCH3 is 2. The molecule has 1 amide bonds. The van der Waals surface area contributed by atoms with Gasteiger partial charge in [-0.1, -0.05) is 11.6 Å². The van der Waals surface area contributed by atoms with Crippen molar-refractivity contribution in [1.82, 2.24) is 4.90 Å². The fourth-order valence-corrected chi connectivity index (χ4v) is 1.89. The van der Waals surface area contributed by atoms with Crippen LogP contribution in [0.15, 0.2) is 12.1 Å². The third-order valence-corrected chi connectivity index (χ3v) is 2.95. The molecule has 0 bridgehead atoms. The number of likely N-dealkylation sites (N-methyl/N-ethyl adjacent to an activating group) is 1. The van der Waals surface area contributed by atoms with Crippen molar-refractivity contribution in [2.75, 3.05) is 33.6 Å². The highest BCUT2D eigenvalue weighted by atomic mass is 35.5. The molecule has 19 heavy (non-hydrogen) atoms. The van der Waals surface area contributed by atoms with Gasteiger partial charge in [-0.3, -0.25) is 4.79 Å². The lowest BCUT2D eigenvalue weighted by Gasteiger charge is -2.21. The SMILES string of the molecule is COc1cc(NC(C)C(=O)N(C)C)c(OC)cc1Cl. The number of hydrogen-bond donors (Lipinski definition) is 1. The fourth-order valence-electron chi connectivity index (χ4n) is 1.66. The van der Waals surface area contributed by atoms with Crippen LogP contribution in [0.4, 0.5) is 5.69 Å². The van der Waals surface area contributed by atoms with E-state index in [1.54, 1.807) is 40.3 Å². The zero-order chi connectivity index (χ0) is 14.6. The fraction of sp³-hybridized carbons (Fsp3) is 0.462. The maximum Gasteiger partial charge on any atom is 0.244 e. The molecule has 0 heterocycles. The highest BCUT2D eigenvalue weighted by molar-refractivity contribution is 6.32. The Morgan fingerprint density at radius 3 is 2.32 bits per heavy atom. The molecule has 1 unspecified atom stereocenters. The zero-order valence-corrected chi connectivity index (χ0v) is 12.5. The minimum Gasteiger partial charge on any atom is -0.495 e. The maximum absolute atomic E-state index is 11.8. The van der Waals surface area contributed by atoms with Crippen LogP contribution < -0.4 is 14.8 Å². The number of nitrogens with zero attached hydrogens (tertiary/aromatic N) is 1. The number of amides is 1. The maximum atomic E-state index is 11.8. The van der Waals surface area contributed by atoms with Crippen LogP contribution in [0.3, 0.4) is 0 Å². The van der Waals surface area contributed by atoms with E-state index in [1.807, 2.05) is 0 Å². The van der Waals surface area contributed by atoms with E-state index in [2.05, 4.69) is 5.32 Å². The topological polar surface area (TPSA) is 50.8 Å². The second-order valence-corrected chi connectivity index (χ2v) is 4.69. The van der Waals surface area contributed by atoms with E-state index < -0.39 is 0 Å². The van der Waals surface area contributed by atoms with Crippen LogP contribution in [0.5, 0.6) is 11.5 Å². The molecule has 0 spiro atoms. The van der Waals surface area contributed by atoms with Crippen molar-refractivity contribution in [3.05, 3.63) is 17.2 Å². The molecule has 0 aliphatic rings. The van der Waals surface area contributed by atoms with Gasteiger partial charge in [0, 0.05) is 26.2 Å². The molecule has 1 rings (SSSR count). The molecule has 1 atom stereocenters. The normalized spacial score (nSPS) is 11.7. The molecule has 0 aliphatic carbocycles. The molecule has 1 aromatic carbocycles. The second kappa shape index (κ2) is 6.52. The monoisotopic (exact) mass is 286 g/mol. The number of ether oxygens (including phenoxy) is 2. The Morgan fingerprint density at radius 2 is 1.84 bits per heavy atom. The van der Waals surface area contributed by atoms with Gasteiger partial charge in [0.2, 0.25) is 5.91 Å². The molecule has 1 aromatic rings. The van der Waals surface area contributed by atoms with Crippen LogP contribution in [0, 0.1) is 0 Å². The summed E-state index contributed by atoms with van der Waals surface area (Å²) in [5.74, 6) is 1.05. The van der Waals surface area contributed by atoms with Crippen molar-refractivity contribution < 1.29 is 14.3 Å². The smallest absolute Gasteiger partial charge is 0.244 e. The average Bonchev–Trinajstić information content (AvgIpc) is 2.38. The molecule has 5 nitrogen and oxygen atoms in total. The van der Waals surface area contributed by atoms with Crippen molar-refractivity contribution in [3.63, 3.8) is 0 Å². The molecule has 0 saturated heterocycles. The summed E-state index contributed by atoms with van der Waals surface area (Å²) < 4.78 is 10.4. The van der Waals surface area contributed by atoms with Gasteiger partial charge >= 0.3 is 0 Å². The van der Waals surface area contributed by atoms with E-state index in [-0.39, 0.29) is 11.9 Å². The standard InChI is InChI=1S/C13H19ClN2O3/c1-8(13(17)16(2)3)15-10-7-11(18-4)9(14)6-12(10)19-5/h6-8,15H,1-5H3. The lowest BCUT2D eigenvalue weighted by atomic mass is 10.2. The summed E-state index contributed by atoms with van der Waals surface area (Å²) in [6.45, 7) is 1.78. The Kier molecular flexibility index (Phi) is 5.30. The number of hydrogen-bond acceptors (Lipinski definition) is 4. The molecule has 6 heteroatoms. The van der Waals surface area contributed by atoms with Gasteiger partial charge in [0.1, 0.15) is 17.5 Å². The minimum absolute atomic E-state index is 0.0315. The van der Waals surface area contributed by atoms with Crippen LogP contribution >= 0.6 is 11.6 Å². The number of anilines is 1. The summed E-state index contributed by atoms with van der Waals surface area (Å²) in [6.07, 6.45) is 0. The van der Waals surface area contributed by atoms with E-state index in [1.165, 1.54) is 12.0 Å². The Morgan fingerprint density at radius 1 is 1.26 bits per heavy atom. The van der Waals surface area contributed by atoms with Crippen LogP contribution in [0.25, 0.3) is 0 Å². The second-order valence-electron chi connectivity index (χ2n) is 4.29. The van der Waals surface area contributed by atoms with E-state index in [4.69, 9.17) is 21.1 Å². The Hall–Kier alpha value is -1.62. The van der Waals surface area contributed by atoms with Gasteiger partial charge in [-0.2, -0.15) is 0 Å². The summed E-state index contributed by atoms with van der Waals surface area (Å²) in [6, 6.07) is 2.98. The molecular formula is C13H19ClN2O3. The summed E-state index contributed by atoms with van der Waals surface area (Å²) in [5.41, 5.74) is 0.659. The molecule has 0 aromatic heterocycles. The number of halogens is 1. The quantitative estimate of drug-likeness (QED) is 0.902. The van der Waals surface area contributed by atoms with Gasteiger partial charge in [-0.25, -0.2) is 0 Å². The Balaban J connectivity index is 3.02. The Labute approximate surface area is 118 Å². The number of carbonyl (C=O) groups excluding carboxylic acids is 1. The van der Waals surface area contributed by atoms with E-state index in [9.17, 15) is 4.79 Å². The zero-order valence-electron chi connectivity index (χ0n) is 11.8. The largest absolute Gasteiger partial charge is 0.495 e. The van der Waals surface area contributed by atoms with Gasteiger partial charge < -0.3 is 19.7 Å². The number of rotatable bonds is 5. The molecule has 0 radical (unpaired) electrons. The molecule has 1 N–H and O–H groups in total. The number of carbonyl (C=O) groups is 1. The van der Waals surface area contributed by atoms with Crippen LogP contribution in [-0.4, -0.2) is 45.2 Å². The van der Waals surface area contributed by atoms with E-state index in [0.29, 0.717) is 22.2 Å². The number of benzene rings is 1. The lowest BCUT2D eigenvalue weighted by Crippen LogP contribution is -2.36. The first-order valence-corrected chi connectivity index (χ1v) is 6.17. The van der Waals surface area contributed by atoms with Gasteiger partial charge in [-0.15, -0.1) is 0 Å².